The maximum Gasteiger partial charge on any atom is 0.412 e. The van der Waals surface area contributed by atoms with Gasteiger partial charge in [0.15, 0.2) is 0 Å². The van der Waals surface area contributed by atoms with Gasteiger partial charge in [0.05, 0.1) is 4.47 Å². The van der Waals surface area contributed by atoms with Crippen molar-refractivity contribution in [2.45, 2.75) is 25.9 Å². The summed E-state index contributed by atoms with van der Waals surface area (Å²) in [6.07, 6.45) is 2.45. The van der Waals surface area contributed by atoms with E-state index < -0.39 is 18.1 Å². The Morgan fingerprint density at radius 3 is 2.45 bits per heavy atom. The first-order valence-corrected chi connectivity index (χ1v) is 11.6. The molecule has 0 fully saturated rings. The fourth-order valence-corrected chi connectivity index (χ4v) is 4.35. The molecule has 10 heteroatoms. The average molecular weight is 621 g/mol. The van der Waals surface area contributed by atoms with Crippen molar-refractivity contribution in [3.05, 3.63) is 67.5 Å². The number of phenolic OH excluding ortho intramolecular Hbond substituents is 1. The second-order valence-corrected chi connectivity index (χ2v) is 9.40. The number of allylic oxidation sites excluding steroid dienone is 1. The van der Waals surface area contributed by atoms with Gasteiger partial charge in [-0.05, 0) is 71.1 Å². The third kappa shape index (κ3) is 7.95. The van der Waals surface area contributed by atoms with Crippen LogP contribution >= 0.6 is 47.8 Å². The number of phenols is 1. The van der Waals surface area contributed by atoms with Crippen LogP contribution < -0.4 is 10.8 Å². The molecular weight excluding hydrogens is 600 g/mol. The Hall–Kier alpha value is -1.88. The van der Waals surface area contributed by atoms with Crippen molar-refractivity contribution < 1.29 is 24.6 Å². The maximum atomic E-state index is 12.6. The molecule has 0 aromatic heterocycles. The van der Waals surface area contributed by atoms with E-state index in [1.165, 1.54) is 11.6 Å². The van der Waals surface area contributed by atoms with E-state index in [-0.39, 0.29) is 11.7 Å². The van der Waals surface area contributed by atoms with E-state index in [4.69, 9.17) is 9.94 Å². The zero-order chi connectivity index (χ0) is 23.0. The third-order valence-corrected chi connectivity index (χ3v) is 5.96. The summed E-state index contributed by atoms with van der Waals surface area (Å²) in [6, 6.07) is 10.4. The van der Waals surface area contributed by atoms with Crippen LogP contribution in [-0.4, -0.2) is 22.3 Å². The number of carbonyl (C=O) groups is 2. The summed E-state index contributed by atoms with van der Waals surface area (Å²) in [7, 11) is 0. The minimum atomic E-state index is -0.760. The molecule has 0 saturated heterocycles. The fraction of sp³-hybridized carbons (Fsp3) is 0.238. The number of carbonyl (C=O) groups excluding carboxylic acids is 2. The Labute approximate surface area is 205 Å². The quantitative estimate of drug-likeness (QED) is 0.154. The molecule has 0 aliphatic rings. The van der Waals surface area contributed by atoms with Crippen LogP contribution in [0.2, 0.25) is 0 Å². The molecule has 7 nitrogen and oxygen atoms in total. The fourth-order valence-electron chi connectivity index (χ4n) is 2.82. The zero-order valence-electron chi connectivity index (χ0n) is 16.4. The molecule has 0 aliphatic heterocycles. The summed E-state index contributed by atoms with van der Waals surface area (Å²) in [6.45, 7) is 1.88. The smallest absolute Gasteiger partial charge is 0.412 e. The number of ether oxygens (including phenoxy) is 1. The molecule has 4 N–H and O–H groups in total. The van der Waals surface area contributed by atoms with Gasteiger partial charge in [0, 0.05) is 26.3 Å². The first kappa shape index (κ1) is 25.4. The number of hydroxylamine groups is 1. The molecule has 0 aliphatic carbocycles. The SMILES string of the molecule is C[C@H](CC/C=C/C(=O)NO)[C@H](OC(=O)Nc1ccc(Br)cc1)c1cc(Br)cc(Br)c1O. The molecule has 2 atom stereocenters. The number of hydrogen-bond acceptors (Lipinski definition) is 5. The lowest BCUT2D eigenvalue weighted by Crippen LogP contribution is -2.22. The van der Waals surface area contributed by atoms with Crippen molar-refractivity contribution in [1.82, 2.24) is 5.48 Å². The highest BCUT2D eigenvalue weighted by Gasteiger charge is 2.27. The summed E-state index contributed by atoms with van der Waals surface area (Å²) in [4.78, 5) is 23.7. The number of anilines is 1. The lowest BCUT2D eigenvalue weighted by molar-refractivity contribution is -0.124. The lowest BCUT2D eigenvalue weighted by Gasteiger charge is -2.26. The average Bonchev–Trinajstić information content (AvgIpc) is 2.73. The highest BCUT2D eigenvalue weighted by atomic mass is 79.9. The van der Waals surface area contributed by atoms with Gasteiger partial charge in [-0.3, -0.25) is 15.3 Å². The molecule has 0 saturated carbocycles. The third-order valence-electron chi connectivity index (χ3n) is 4.37. The van der Waals surface area contributed by atoms with Crippen molar-refractivity contribution in [2.24, 2.45) is 5.92 Å². The monoisotopic (exact) mass is 618 g/mol. The van der Waals surface area contributed by atoms with Gasteiger partial charge < -0.3 is 9.84 Å². The second-order valence-electron chi connectivity index (χ2n) is 6.72. The zero-order valence-corrected chi connectivity index (χ0v) is 21.2. The molecule has 2 rings (SSSR count). The van der Waals surface area contributed by atoms with Gasteiger partial charge in [0.1, 0.15) is 11.9 Å². The summed E-state index contributed by atoms with van der Waals surface area (Å²) < 4.78 is 7.77. The van der Waals surface area contributed by atoms with Crippen LogP contribution in [0.25, 0.3) is 0 Å². The molecule has 31 heavy (non-hydrogen) atoms. The Morgan fingerprint density at radius 2 is 1.81 bits per heavy atom. The lowest BCUT2D eigenvalue weighted by atomic mass is 9.92. The van der Waals surface area contributed by atoms with Gasteiger partial charge in [-0.25, -0.2) is 10.3 Å². The van der Waals surface area contributed by atoms with Crippen LogP contribution in [0.3, 0.4) is 0 Å². The summed E-state index contributed by atoms with van der Waals surface area (Å²) in [5, 5.41) is 21.8. The Kier molecular flexibility index (Phi) is 10.0. The van der Waals surface area contributed by atoms with Crippen LogP contribution in [0, 0.1) is 5.92 Å². The Morgan fingerprint density at radius 1 is 1.13 bits per heavy atom. The van der Waals surface area contributed by atoms with Gasteiger partial charge in [0.25, 0.3) is 5.91 Å². The first-order chi connectivity index (χ1) is 14.7. The predicted octanol–water partition coefficient (Wildman–Crippen LogP) is 6.45. The number of hydrogen-bond donors (Lipinski definition) is 4. The summed E-state index contributed by atoms with van der Waals surface area (Å²) in [5.74, 6) is -0.848. The van der Waals surface area contributed by atoms with Crippen molar-refractivity contribution in [3.8, 4) is 5.75 Å². The second kappa shape index (κ2) is 12.2. The number of rotatable bonds is 8. The number of aromatic hydroxyl groups is 1. The highest BCUT2D eigenvalue weighted by molar-refractivity contribution is 9.11. The maximum absolute atomic E-state index is 12.6. The Bertz CT molecular complexity index is 951. The van der Waals surface area contributed by atoms with Crippen LogP contribution in [0.4, 0.5) is 10.5 Å². The van der Waals surface area contributed by atoms with E-state index in [0.717, 1.165) is 4.47 Å². The van der Waals surface area contributed by atoms with Crippen LogP contribution in [0.1, 0.15) is 31.4 Å². The van der Waals surface area contributed by atoms with Crippen molar-refractivity contribution >= 4 is 65.5 Å². The molecule has 2 amide bonds. The minimum absolute atomic E-state index is 0.0216. The van der Waals surface area contributed by atoms with Gasteiger partial charge in [0.2, 0.25) is 0 Å². The summed E-state index contributed by atoms with van der Waals surface area (Å²) in [5.41, 5.74) is 2.53. The van der Waals surface area contributed by atoms with Gasteiger partial charge in [-0.1, -0.05) is 44.9 Å². The summed E-state index contributed by atoms with van der Waals surface area (Å²) >= 11 is 10.0. The number of nitrogens with one attached hydrogen (secondary N) is 2. The van der Waals surface area contributed by atoms with Crippen molar-refractivity contribution in [3.63, 3.8) is 0 Å². The van der Waals surface area contributed by atoms with E-state index in [1.54, 1.807) is 42.5 Å². The van der Waals surface area contributed by atoms with Crippen molar-refractivity contribution in [2.75, 3.05) is 5.32 Å². The molecule has 0 radical (unpaired) electrons. The van der Waals surface area contributed by atoms with Crippen LogP contribution in [0.15, 0.2) is 62.0 Å². The minimum Gasteiger partial charge on any atom is -0.506 e. The molecule has 0 heterocycles. The van der Waals surface area contributed by atoms with Crippen LogP contribution in [-0.2, 0) is 9.53 Å². The van der Waals surface area contributed by atoms with Gasteiger partial charge >= 0.3 is 6.09 Å². The number of benzene rings is 2. The highest BCUT2D eigenvalue weighted by Crippen LogP contribution is 2.40. The van der Waals surface area contributed by atoms with E-state index in [0.29, 0.717) is 33.0 Å². The van der Waals surface area contributed by atoms with Gasteiger partial charge in [-0.15, -0.1) is 0 Å². The molecule has 0 unspecified atom stereocenters. The Balaban J connectivity index is 2.21. The van der Waals surface area contributed by atoms with E-state index >= 15 is 0 Å². The van der Waals surface area contributed by atoms with E-state index in [2.05, 4.69) is 53.1 Å². The molecule has 0 bridgehead atoms. The van der Waals surface area contributed by atoms with Crippen LogP contribution in [0.5, 0.6) is 5.75 Å². The first-order valence-electron chi connectivity index (χ1n) is 9.23. The number of halogens is 3. The van der Waals surface area contributed by atoms with E-state index in [9.17, 15) is 14.7 Å². The molecule has 2 aromatic carbocycles. The normalized spacial score (nSPS) is 12.9. The van der Waals surface area contributed by atoms with Gasteiger partial charge in [-0.2, -0.15) is 0 Å². The molecule has 166 valence electrons. The topological polar surface area (TPSA) is 108 Å². The predicted molar refractivity (Wildman–Crippen MR) is 128 cm³/mol. The van der Waals surface area contributed by atoms with Crippen molar-refractivity contribution in [1.29, 1.82) is 0 Å². The molecule has 0 spiro atoms. The molecular formula is C21H21Br3N2O5. The largest absolute Gasteiger partial charge is 0.506 e. The number of amides is 2. The molecule has 2 aromatic rings. The van der Waals surface area contributed by atoms with E-state index in [1.807, 2.05) is 6.92 Å². The standard InChI is InChI=1S/C21H21Br3N2O5/c1-12(4-2-3-5-18(27)26-30)20(16-10-14(23)11-17(24)19(16)28)31-21(29)25-15-8-6-13(22)7-9-15/h3,5-12,20,28,30H,2,4H2,1H3,(H,25,29)(H,26,27)/b5-3+/t12-,20+/m1/s1.